The van der Waals surface area contributed by atoms with Crippen molar-refractivity contribution in [3.8, 4) is 0 Å². The molecule has 0 radical (unpaired) electrons. The van der Waals surface area contributed by atoms with Crippen LogP contribution in [0, 0.1) is 0 Å². The van der Waals surface area contributed by atoms with Crippen LogP contribution in [-0.4, -0.2) is 30.0 Å². The average molecular weight is 144 g/mol. The molecule has 1 rings (SSSR count). The number of nitrogens with one attached hydrogen (secondary N) is 2. The first-order valence-corrected chi connectivity index (χ1v) is 3.79. The highest BCUT2D eigenvalue weighted by Gasteiger charge is 2.28. The molecule has 0 aromatic rings. The van der Waals surface area contributed by atoms with Crippen LogP contribution in [0.2, 0.25) is 0 Å². The molecule has 1 heterocycles. The summed E-state index contributed by atoms with van der Waals surface area (Å²) in [7, 11) is 0. The van der Waals surface area contributed by atoms with Crippen LogP contribution in [-0.2, 0) is 0 Å². The van der Waals surface area contributed by atoms with Crippen molar-refractivity contribution in [1.82, 2.24) is 10.6 Å². The average Bonchev–Trinajstić information content (AvgIpc) is 2.12. The molecule has 1 aliphatic heterocycles. The first kappa shape index (κ1) is 7.98. The fourth-order valence-electron chi connectivity index (χ4n) is 1.44. The van der Waals surface area contributed by atoms with Crippen molar-refractivity contribution in [2.24, 2.45) is 0 Å². The van der Waals surface area contributed by atoms with Crippen molar-refractivity contribution in [3.63, 3.8) is 0 Å². The lowest BCUT2D eigenvalue weighted by Gasteiger charge is -2.26. The normalized spacial score (nSPS) is 36.3. The lowest BCUT2D eigenvalue weighted by Crippen LogP contribution is -2.48. The Morgan fingerprint density at radius 3 is 2.80 bits per heavy atom. The van der Waals surface area contributed by atoms with Crippen molar-refractivity contribution < 1.29 is 5.11 Å². The van der Waals surface area contributed by atoms with E-state index in [4.69, 9.17) is 5.11 Å². The molecule has 0 spiro atoms. The Bertz CT molecular complexity index is 108. The fraction of sp³-hybridized carbons (Fsp3) is 1.00. The van der Waals surface area contributed by atoms with E-state index in [2.05, 4.69) is 17.6 Å². The van der Waals surface area contributed by atoms with Crippen LogP contribution in [0.5, 0.6) is 0 Å². The topological polar surface area (TPSA) is 44.3 Å². The third-order valence-corrected chi connectivity index (χ3v) is 1.93. The fourth-order valence-corrected chi connectivity index (χ4v) is 1.44. The molecule has 2 atom stereocenters. The molecule has 1 aliphatic rings. The van der Waals surface area contributed by atoms with Gasteiger partial charge in [-0.2, -0.15) is 0 Å². The molecule has 0 bridgehead atoms. The van der Waals surface area contributed by atoms with E-state index in [9.17, 15) is 0 Å². The van der Waals surface area contributed by atoms with E-state index in [1.165, 1.54) is 0 Å². The van der Waals surface area contributed by atoms with Gasteiger partial charge in [-0.15, -0.1) is 0 Å². The zero-order valence-electron chi connectivity index (χ0n) is 6.65. The van der Waals surface area contributed by atoms with Crippen LogP contribution in [0.4, 0.5) is 0 Å². The Hall–Kier alpha value is -0.120. The number of aliphatic hydroxyl groups excluding tert-OH is 1. The second kappa shape index (κ2) is 2.86. The van der Waals surface area contributed by atoms with E-state index in [0.29, 0.717) is 0 Å². The quantitative estimate of drug-likeness (QED) is 0.465. The Balaban J connectivity index is 2.36. The van der Waals surface area contributed by atoms with Gasteiger partial charge in [0, 0.05) is 12.1 Å². The van der Waals surface area contributed by atoms with Crippen molar-refractivity contribution in [1.29, 1.82) is 0 Å². The van der Waals surface area contributed by atoms with Gasteiger partial charge in [-0.25, -0.2) is 0 Å². The predicted octanol–water partition coefficient (Wildman–Crippen LogP) is -0.334. The molecule has 0 amide bonds. The van der Waals surface area contributed by atoms with Crippen molar-refractivity contribution in [3.05, 3.63) is 0 Å². The van der Waals surface area contributed by atoms with Crippen LogP contribution in [0.3, 0.4) is 0 Å². The van der Waals surface area contributed by atoms with Gasteiger partial charge < -0.3 is 10.4 Å². The number of hydrogen-bond acceptors (Lipinski definition) is 3. The Kier molecular flexibility index (Phi) is 2.28. The molecule has 2 unspecified atom stereocenters. The van der Waals surface area contributed by atoms with Crippen LogP contribution in [0.1, 0.15) is 20.3 Å². The van der Waals surface area contributed by atoms with Gasteiger partial charge in [0.15, 0.2) is 0 Å². The molecule has 0 aromatic heterocycles. The molecule has 0 aliphatic carbocycles. The molecular formula is C7H16N2O. The number of hydrogen-bond donors (Lipinski definition) is 3. The summed E-state index contributed by atoms with van der Waals surface area (Å²) in [6.07, 6.45) is 0.697. The first-order chi connectivity index (χ1) is 4.62. The van der Waals surface area contributed by atoms with E-state index >= 15 is 0 Å². The van der Waals surface area contributed by atoms with Crippen LogP contribution < -0.4 is 10.6 Å². The highest BCUT2D eigenvalue weighted by atomic mass is 16.3. The van der Waals surface area contributed by atoms with E-state index in [1.54, 1.807) is 6.92 Å². The molecule has 1 fully saturated rings. The predicted molar refractivity (Wildman–Crippen MR) is 40.7 cm³/mol. The minimum atomic E-state index is -0.398. The van der Waals surface area contributed by atoms with Gasteiger partial charge in [-0.05, 0) is 26.8 Å². The van der Waals surface area contributed by atoms with E-state index in [1.807, 2.05) is 0 Å². The number of rotatable bonds is 2. The SMILES string of the molecule is CC(O)NC1(C)CCNC1. The Labute approximate surface area is 61.8 Å². The van der Waals surface area contributed by atoms with Gasteiger partial charge in [0.2, 0.25) is 0 Å². The largest absolute Gasteiger partial charge is 0.379 e. The van der Waals surface area contributed by atoms with E-state index in [0.717, 1.165) is 19.5 Å². The summed E-state index contributed by atoms with van der Waals surface area (Å²) >= 11 is 0. The summed E-state index contributed by atoms with van der Waals surface area (Å²) in [5.74, 6) is 0. The van der Waals surface area contributed by atoms with Crippen molar-refractivity contribution in [2.75, 3.05) is 13.1 Å². The van der Waals surface area contributed by atoms with Crippen molar-refractivity contribution >= 4 is 0 Å². The van der Waals surface area contributed by atoms with Gasteiger partial charge in [-0.3, -0.25) is 5.32 Å². The lowest BCUT2D eigenvalue weighted by molar-refractivity contribution is 0.118. The van der Waals surface area contributed by atoms with E-state index in [-0.39, 0.29) is 5.54 Å². The zero-order valence-corrected chi connectivity index (χ0v) is 6.65. The van der Waals surface area contributed by atoms with Gasteiger partial charge in [0.25, 0.3) is 0 Å². The molecule has 3 N–H and O–H groups in total. The summed E-state index contributed by atoms with van der Waals surface area (Å²) < 4.78 is 0. The Morgan fingerprint density at radius 1 is 1.70 bits per heavy atom. The maximum Gasteiger partial charge on any atom is 0.102 e. The minimum Gasteiger partial charge on any atom is -0.379 e. The van der Waals surface area contributed by atoms with Gasteiger partial charge in [0.05, 0.1) is 0 Å². The van der Waals surface area contributed by atoms with Gasteiger partial charge >= 0.3 is 0 Å². The third-order valence-electron chi connectivity index (χ3n) is 1.93. The first-order valence-electron chi connectivity index (χ1n) is 3.79. The van der Waals surface area contributed by atoms with Crippen LogP contribution in [0.25, 0.3) is 0 Å². The minimum absolute atomic E-state index is 0.105. The highest BCUT2D eigenvalue weighted by molar-refractivity contribution is 4.91. The molecule has 0 saturated carbocycles. The summed E-state index contributed by atoms with van der Waals surface area (Å²) in [6.45, 7) is 5.89. The van der Waals surface area contributed by atoms with Gasteiger partial charge in [-0.1, -0.05) is 0 Å². The molecule has 10 heavy (non-hydrogen) atoms. The molecule has 60 valence electrons. The molecular weight excluding hydrogens is 128 g/mol. The monoisotopic (exact) mass is 144 g/mol. The zero-order chi connectivity index (χ0) is 7.61. The second-order valence-electron chi connectivity index (χ2n) is 3.31. The third kappa shape index (κ3) is 1.94. The molecule has 3 heteroatoms. The molecule has 3 nitrogen and oxygen atoms in total. The maximum atomic E-state index is 9.04. The van der Waals surface area contributed by atoms with Crippen LogP contribution in [0.15, 0.2) is 0 Å². The molecule has 0 aromatic carbocycles. The smallest absolute Gasteiger partial charge is 0.102 e. The van der Waals surface area contributed by atoms with Gasteiger partial charge in [0.1, 0.15) is 6.23 Å². The Morgan fingerprint density at radius 2 is 2.40 bits per heavy atom. The maximum absolute atomic E-state index is 9.04. The highest BCUT2D eigenvalue weighted by Crippen LogP contribution is 2.13. The van der Waals surface area contributed by atoms with Crippen LogP contribution >= 0.6 is 0 Å². The summed E-state index contributed by atoms with van der Waals surface area (Å²) in [6, 6.07) is 0. The lowest BCUT2D eigenvalue weighted by atomic mass is 10.0. The van der Waals surface area contributed by atoms with Crippen molar-refractivity contribution in [2.45, 2.75) is 32.0 Å². The number of aliphatic hydroxyl groups is 1. The summed E-state index contributed by atoms with van der Waals surface area (Å²) in [5.41, 5.74) is 0.105. The second-order valence-corrected chi connectivity index (χ2v) is 3.31. The molecule has 1 saturated heterocycles. The summed E-state index contributed by atoms with van der Waals surface area (Å²) in [5, 5.41) is 15.4. The standard InChI is InChI=1S/C7H16N2O/c1-6(10)9-7(2)3-4-8-5-7/h6,8-10H,3-5H2,1-2H3. The van der Waals surface area contributed by atoms with E-state index < -0.39 is 6.23 Å². The summed E-state index contributed by atoms with van der Waals surface area (Å²) in [4.78, 5) is 0.